The third-order valence-corrected chi connectivity index (χ3v) is 2.77. The Bertz CT molecular complexity index is 436. The lowest BCUT2D eigenvalue weighted by molar-refractivity contribution is -0.384. The van der Waals surface area contributed by atoms with Crippen LogP contribution in [-0.2, 0) is 11.2 Å². The number of rotatable bonds is 5. The van der Waals surface area contributed by atoms with Crippen molar-refractivity contribution in [2.75, 3.05) is 13.2 Å². The SMILES string of the molecule is O=C(Cc1ccc([N+](=O)[O-])cc1Br)NCCO. The summed E-state index contributed by atoms with van der Waals surface area (Å²) in [6.07, 6.45) is 0.110. The first-order chi connectivity index (χ1) is 8.04. The molecule has 1 aromatic carbocycles. The number of carbonyl (C=O) groups is 1. The van der Waals surface area contributed by atoms with Gasteiger partial charge in [-0.3, -0.25) is 14.9 Å². The lowest BCUT2D eigenvalue weighted by atomic mass is 10.1. The number of nitrogens with zero attached hydrogens (tertiary/aromatic N) is 1. The van der Waals surface area contributed by atoms with Gasteiger partial charge in [0.15, 0.2) is 0 Å². The van der Waals surface area contributed by atoms with E-state index in [1.54, 1.807) is 0 Å². The van der Waals surface area contributed by atoms with Crippen LogP contribution >= 0.6 is 15.9 Å². The Balaban J connectivity index is 2.72. The number of nitro groups is 1. The second-order valence-electron chi connectivity index (χ2n) is 3.28. The number of hydrogen-bond donors (Lipinski definition) is 2. The predicted octanol–water partition coefficient (Wildman–Crippen LogP) is 1.01. The Kier molecular flexibility index (Phi) is 5.05. The summed E-state index contributed by atoms with van der Waals surface area (Å²) in [5.41, 5.74) is 0.627. The number of nitrogens with one attached hydrogen (secondary N) is 1. The van der Waals surface area contributed by atoms with Crippen LogP contribution in [-0.4, -0.2) is 29.1 Å². The van der Waals surface area contributed by atoms with E-state index in [2.05, 4.69) is 21.2 Å². The smallest absolute Gasteiger partial charge is 0.270 e. The van der Waals surface area contributed by atoms with Crippen LogP contribution in [0.25, 0.3) is 0 Å². The van der Waals surface area contributed by atoms with Gasteiger partial charge in [-0.25, -0.2) is 0 Å². The van der Waals surface area contributed by atoms with Gasteiger partial charge in [0.1, 0.15) is 0 Å². The summed E-state index contributed by atoms with van der Waals surface area (Å²) in [5.74, 6) is -0.242. The minimum atomic E-state index is -0.500. The van der Waals surface area contributed by atoms with Crippen LogP contribution in [0.15, 0.2) is 22.7 Å². The highest BCUT2D eigenvalue weighted by Gasteiger charge is 2.11. The third-order valence-electron chi connectivity index (χ3n) is 2.03. The third kappa shape index (κ3) is 4.12. The summed E-state index contributed by atoms with van der Waals surface area (Å²) in [5, 5.41) is 21.5. The van der Waals surface area contributed by atoms with Crippen LogP contribution in [0.5, 0.6) is 0 Å². The van der Waals surface area contributed by atoms with Crippen LogP contribution in [0.1, 0.15) is 5.56 Å². The fraction of sp³-hybridized carbons (Fsp3) is 0.300. The quantitative estimate of drug-likeness (QED) is 0.627. The molecule has 7 heteroatoms. The lowest BCUT2D eigenvalue weighted by Crippen LogP contribution is -2.27. The molecule has 0 bridgehead atoms. The largest absolute Gasteiger partial charge is 0.395 e. The summed E-state index contributed by atoms with van der Waals surface area (Å²) in [7, 11) is 0. The normalized spacial score (nSPS) is 10.0. The van der Waals surface area contributed by atoms with Crippen molar-refractivity contribution < 1.29 is 14.8 Å². The molecule has 1 rings (SSSR count). The van der Waals surface area contributed by atoms with Crippen LogP contribution in [0.2, 0.25) is 0 Å². The summed E-state index contributed by atoms with van der Waals surface area (Å²) in [6.45, 7) is 0.0800. The fourth-order valence-electron chi connectivity index (χ4n) is 1.22. The number of carbonyl (C=O) groups excluding carboxylic acids is 1. The molecule has 0 radical (unpaired) electrons. The first-order valence-electron chi connectivity index (χ1n) is 4.85. The van der Waals surface area contributed by atoms with E-state index < -0.39 is 4.92 Å². The molecule has 0 saturated heterocycles. The maximum atomic E-state index is 11.4. The van der Waals surface area contributed by atoms with Crippen LogP contribution in [0, 0.1) is 10.1 Å². The molecule has 6 nitrogen and oxygen atoms in total. The standard InChI is InChI=1S/C10H11BrN2O4/c11-9-6-8(13(16)17)2-1-7(9)5-10(15)12-3-4-14/h1-2,6,14H,3-5H2,(H,12,15). The summed E-state index contributed by atoms with van der Waals surface area (Å²) in [4.78, 5) is 21.4. The Morgan fingerprint density at radius 2 is 2.24 bits per heavy atom. The van der Waals surface area contributed by atoms with Gasteiger partial charge in [0.05, 0.1) is 18.0 Å². The molecule has 0 saturated carbocycles. The minimum Gasteiger partial charge on any atom is -0.395 e. The molecular weight excluding hydrogens is 292 g/mol. The van der Waals surface area contributed by atoms with Gasteiger partial charge < -0.3 is 10.4 Å². The molecule has 1 amide bonds. The van der Waals surface area contributed by atoms with Crippen molar-refractivity contribution in [3.05, 3.63) is 38.3 Å². The molecule has 0 heterocycles. The highest BCUT2D eigenvalue weighted by atomic mass is 79.9. The van der Waals surface area contributed by atoms with E-state index >= 15 is 0 Å². The summed E-state index contributed by atoms with van der Waals surface area (Å²) < 4.78 is 0.519. The van der Waals surface area contributed by atoms with Crippen molar-refractivity contribution in [3.8, 4) is 0 Å². The van der Waals surface area contributed by atoms with Gasteiger partial charge >= 0.3 is 0 Å². The number of non-ortho nitro benzene ring substituents is 1. The number of aliphatic hydroxyl groups excluding tert-OH is 1. The minimum absolute atomic E-state index is 0.0311. The van der Waals surface area contributed by atoms with Gasteiger partial charge in [0.2, 0.25) is 5.91 Å². The Labute approximate surface area is 106 Å². The second-order valence-corrected chi connectivity index (χ2v) is 4.14. The number of nitro benzene ring substituents is 1. The topological polar surface area (TPSA) is 92.5 Å². The number of aliphatic hydroxyl groups is 1. The fourth-order valence-corrected chi connectivity index (χ4v) is 1.73. The molecule has 0 unspecified atom stereocenters. The van der Waals surface area contributed by atoms with Crippen LogP contribution < -0.4 is 5.32 Å². The van der Waals surface area contributed by atoms with Gasteiger partial charge in [-0.15, -0.1) is 0 Å². The average molecular weight is 303 g/mol. The lowest BCUT2D eigenvalue weighted by Gasteiger charge is -2.05. The predicted molar refractivity (Wildman–Crippen MR) is 64.6 cm³/mol. The van der Waals surface area contributed by atoms with Crippen LogP contribution in [0.4, 0.5) is 5.69 Å². The number of hydrogen-bond acceptors (Lipinski definition) is 4. The van der Waals surface area contributed by atoms with Crippen molar-refractivity contribution >= 4 is 27.5 Å². The summed E-state index contributed by atoms with van der Waals surface area (Å²) in [6, 6.07) is 4.23. The van der Waals surface area contributed by atoms with Crippen molar-refractivity contribution in [1.82, 2.24) is 5.32 Å². The number of benzene rings is 1. The summed E-state index contributed by atoms with van der Waals surface area (Å²) >= 11 is 3.18. The monoisotopic (exact) mass is 302 g/mol. The highest BCUT2D eigenvalue weighted by molar-refractivity contribution is 9.10. The van der Waals surface area contributed by atoms with E-state index in [-0.39, 0.29) is 31.2 Å². The van der Waals surface area contributed by atoms with E-state index in [1.165, 1.54) is 18.2 Å². The Hall–Kier alpha value is -1.47. The molecule has 0 aliphatic heterocycles. The first-order valence-corrected chi connectivity index (χ1v) is 5.64. The Morgan fingerprint density at radius 1 is 1.53 bits per heavy atom. The van der Waals surface area contributed by atoms with E-state index in [0.717, 1.165) is 0 Å². The maximum absolute atomic E-state index is 11.4. The zero-order valence-electron chi connectivity index (χ0n) is 8.85. The molecule has 17 heavy (non-hydrogen) atoms. The second kappa shape index (κ2) is 6.31. The van der Waals surface area contributed by atoms with Crippen molar-refractivity contribution in [3.63, 3.8) is 0 Å². The van der Waals surface area contributed by atoms with Crippen molar-refractivity contribution in [2.45, 2.75) is 6.42 Å². The number of amides is 1. The van der Waals surface area contributed by atoms with Gasteiger partial charge in [-0.2, -0.15) is 0 Å². The Morgan fingerprint density at radius 3 is 2.76 bits per heavy atom. The van der Waals surface area contributed by atoms with Gasteiger partial charge in [-0.05, 0) is 5.56 Å². The maximum Gasteiger partial charge on any atom is 0.270 e. The van der Waals surface area contributed by atoms with E-state index in [4.69, 9.17) is 5.11 Å². The first kappa shape index (κ1) is 13.6. The molecule has 0 aliphatic rings. The van der Waals surface area contributed by atoms with E-state index in [1.807, 2.05) is 0 Å². The molecular formula is C10H11BrN2O4. The molecule has 0 aliphatic carbocycles. The van der Waals surface area contributed by atoms with Gasteiger partial charge in [0.25, 0.3) is 5.69 Å². The number of halogens is 1. The molecule has 0 atom stereocenters. The van der Waals surface area contributed by atoms with E-state index in [9.17, 15) is 14.9 Å². The van der Waals surface area contributed by atoms with Gasteiger partial charge in [-0.1, -0.05) is 22.0 Å². The molecule has 0 spiro atoms. The van der Waals surface area contributed by atoms with Crippen molar-refractivity contribution in [2.24, 2.45) is 0 Å². The molecule has 92 valence electrons. The van der Waals surface area contributed by atoms with Crippen molar-refractivity contribution in [1.29, 1.82) is 0 Å². The zero-order chi connectivity index (χ0) is 12.8. The van der Waals surface area contributed by atoms with E-state index in [0.29, 0.717) is 10.0 Å². The molecule has 2 N–H and O–H groups in total. The van der Waals surface area contributed by atoms with Crippen LogP contribution in [0.3, 0.4) is 0 Å². The van der Waals surface area contributed by atoms with Gasteiger partial charge in [0, 0.05) is 23.2 Å². The highest BCUT2D eigenvalue weighted by Crippen LogP contribution is 2.23. The zero-order valence-corrected chi connectivity index (χ0v) is 10.4. The molecule has 1 aromatic rings. The molecule has 0 aromatic heterocycles. The molecule has 0 fully saturated rings. The average Bonchev–Trinajstić information content (AvgIpc) is 2.28.